The number of carbonyl (C=O) groups excluding carboxylic acids is 1. The largest absolute Gasteiger partial charge is 0.322 e. The van der Waals surface area contributed by atoms with Crippen LogP contribution in [0.15, 0.2) is 41.3 Å². The van der Waals surface area contributed by atoms with Crippen LogP contribution in [0.4, 0.5) is 5.69 Å². The zero-order valence-corrected chi connectivity index (χ0v) is 12.7. The van der Waals surface area contributed by atoms with Gasteiger partial charge in [-0.3, -0.25) is 4.79 Å². The van der Waals surface area contributed by atoms with Gasteiger partial charge in [-0.15, -0.1) is 0 Å². The lowest BCUT2D eigenvalue weighted by Crippen LogP contribution is -2.14. The average molecular weight is 346 g/mol. The molecule has 21 heavy (non-hydrogen) atoms. The summed E-state index contributed by atoms with van der Waals surface area (Å²) in [6.45, 7) is 0. The van der Waals surface area contributed by atoms with E-state index in [1.54, 1.807) is 0 Å². The van der Waals surface area contributed by atoms with Crippen molar-refractivity contribution >= 4 is 44.8 Å². The Bertz CT molecular complexity index is 772. The lowest BCUT2D eigenvalue weighted by Gasteiger charge is -2.06. The molecule has 1 aromatic heterocycles. The lowest BCUT2D eigenvalue weighted by atomic mass is 10.2. The molecule has 2 rings (SSSR count). The molecule has 110 valence electrons. The van der Waals surface area contributed by atoms with Crippen LogP contribution in [-0.4, -0.2) is 19.3 Å². The van der Waals surface area contributed by atoms with Gasteiger partial charge in [-0.25, -0.2) is 18.5 Å². The zero-order valence-electron chi connectivity index (χ0n) is 10.4. The quantitative estimate of drug-likeness (QED) is 0.833. The second-order valence-corrected chi connectivity index (χ2v) is 6.36. The summed E-state index contributed by atoms with van der Waals surface area (Å²) in [5.74, 6) is -0.454. The van der Waals surface area contributed by atoms with E-state index in [1.165, 1.54) is 36.4 Å². The molecule has 0 radical (unpaired) electrons. The van der Waals surface area contributed by atoms with Crippen LogP contribution in [0.3, 0.4) is 0 Å². The van der Waals surface area contributed by atoms with Crippen LogP contribution in [-0.2, 0) is 10.0 Å². The molecule has 6 nitrogen and oxygen atoms in total. The Morgan fingerprint density at radius 3 is 2.10 bits per heavy atom. The molecular formula is C12H9Cl2N3O3S. The summed E-state index contributed by atoms with van der Waals surface area (Å²) in [6.07, 6.45) is 0. The molecule has 0 aliphatic rings. The number of nitrogens with zero attached hydrogens (tertiary/aromatic N) is 1. The van der Waals surface area contributed by atoms with Crippen LogP contribution in [0.25, 0.3) is 0 Å². The highest BCUT2D eigenvalue weighted by atomic mass is 35.5. The maximum absolute atomic E-state index is 12.0. The normalized spacial score (nSPS) is 11.2. The van der Waals surface area contributed by atoms with Crippen molar-refractivity contribution in [2.75, 3.05) is 5.32 Å². The zero-order chi connectivity index (χ0) is 15.6. The maximum Gasteiger partial charge on any atom is 0.255 e. The minimum Gasteiger partial charge on any atom is -0.322 e. The summed E-state index contributed by atoms with van der Waals surface area (Å²) in [5.41, 5.74) is 0.631. The van der Waals surface area contributed by atoms with E-state index in [0.717, 1.165) is 0 Å². The monoisotopic (exact) mass is 345 g/mol. The molecular weight excluding hydrogens is 337 g/mol. The van der Waals surface area contributed by atoms with Gasteiger partial charge in [0, 0.05) is 11.3 Å². The number of sulfonamides is 1. The second kappa shape index (κ2) is 5.98. The van der Waals surface area contributed by atoms with Crippen LogP contribution in [0.2, 0.25) is 10.3 Å². The Hall–Kier alpha value is -1.67. The predicted molar refractivity (Wildman–Crippen MR) is 80.0 cm³/mol. The molecule has 2 aromatic rings. The number of nitrogens with two attached hydrogens (primary N) is 1. The Morgan fingerprint density at radius 2 is 1.62 bits per heavy atom. The number of halogens is 2. The van der Waals surface area contributed by atoms with E-state index in [-0.39, 0.29) is 20.8 Å². The summed E-state index contributed by atoms with van der Waals surface area (Å²) in [5, 5.41) is 7.74. The predicted octanol–water partition coefficient (Wildman–Crippen LogP) is 2.29. The second-order valence-electron chi connectivity index (χ2n) is 4.02. The molecule has 0 saturated carbocycles. The van der Waals surface area contributed by atoms with E-state index < -0.39 is 15.9 Å². The van der Waals surface area contributed by atoms with Crippen LogP contribution >= 0.6 is 23.2 Å². The maximum atomic E-state index is 12.0. The van der Waals surface area contributed by atoms with Crippen molar-refractivity contribution in [1.29, 1.82) is 0 Å². The van der Waals surface area contributed by atoms with Crippen LogP contribution in [0.5, 0.6) is 0 Å². The smallest absolute Gasteiger partial charge is 0.255 e. The number of amides is 1. The fourth-order valence-electron chi connectivity index (χ4n) is 1.53. The third kappa shape index (κ3) is 4.15. The molecule has 1 aromatic carbocycles. The first-order valence-electron chi connectivity index (χ1n) is 5.53. The van der Waals surface area contributed by atoms with Crippen LogP contribution in [0.1, 0.15) is 10.4 Å². The van der Waals surface area contributed by atoms with Gasteiger partial charge in [0.25, 0.3) is 5.91 Å². The Labute approximate surface area is 130 Å². The summed E-state index contributed by atoms with van der Waals surface area (Å²) in [7, 11) is -3.77. The molecule has 0 bridgehead atoms. The van der Waals surface area contributed by atoms with Gasteiger partial charge in [0.1, 0.15) is 10.3 Å². The number of hydrogen-bond acceptors (Lipinski definition) is 4. The summed E-state index contributed by atoms with van der Waals surface area (Å²) < 4.78 is 22.2. The number of hydrogen-bond donors (Lipinski definition) is 2. The third-order valence-electron chi connectivity index (χ3n) is 2.47. The van der Waals surface area contributed by atoms with Gasteiger partial charge < -0.3 is 5.32 Å². The van der Waals surface area contributed by atoms with E-state index in [9.17, 15) is 13.2 Å². The molecule has 1 amide bonds. The third-order valence-corrected chi connectivity index (χ3v) is 3.78. The molecule has 0 aliphatic heterocycles. The molecule has 1 heterocycles. The van der Waals surface area contributed by atoms with Crippen molar-refractivity contribution in [3.05, 3.63) is 52.3 Å². The minimum absolute atomic E-state index is 0.0458. The van der Waals surface area contributed by atoms with Gasteiger partial charge in [0.15, 0.2) is 0 Å². The summed E-state index contributed by atoms with van der Waals surface area (Å²) >= 11 is 11.4. The molecule has 0 atom stereocenters. The van der Waals surface area contributed by atoms with Crippen LogP contribution < -0.4 is 10.5 Å². The van der Waals surface area contributed by atoms with Gasteiger partial charge >= 0.3 is 0 Å². The van der Waals surface area contributed by atoms with Gasteiger partial charge in [0.2, 0.25) is 10.0 Å². The first-order valence-corrected chi connectivity index (χ1v) is 7.83. The van der Waals surface area contributed by atoms with E-state index in [4.69, 9.17) is 28.3 Å². The number of benzene rings is 1. The number of aromatic nitrogens is 1. The summed E-state index contributed by atoms with van der Waals surface area (Å²) in [4.78, 5) is 15.7. The highest BCUT2D eigenvalue weighted by Gasteiger charge is 2.11. The highest BCUT2D eigenvalue weighted by Crippen LogP contribution is 2.17. The van der Waals surface area contributed by atoms with Crippen molar-refractivity contribution < 1.29 is 13.2 Å². The first kappa shape index (κ1) is 15.7. The first-order chi connectivity index (χ1) is 9.75. The fourth-order valence-corrected chi connectivity index (χ4v) is 2.50. The number of nitrogens with one attached hydrogen (secondary N) is 1. The molecule has 0 unspecified atom stereocenters. The summed E-state index contributed by atoms with van der Waals surface area (Å²) in [6, 6.07) is 8.14. The van der Waals surface area contributed by atoms with Gasteiger partial charge in [-0.05, 0) is 36.4 Å². The molecule has 0 fully saturated rings. The lowest BCUT2D eigenvalue weighted by molar-refractivity contribution is 0.102. The minimum atomic E-state index is -3.77. The molecule has 0 spiro atoms. The van der Waals surface area contributed by atoms with Gasteiger partial charge in [0.05, 0.1) is 4.90 Å². The SMILES string of the molecule is NS(=O)(=O)c1ccc(NC(=O)c2cc(Cl)nc(Cl)c2)cc1. The standard InChI is InChI=1S/C12H9Cl2N3O3S/c13-10-5-7(6-11(14)17-10)12(18)16-8-1-3-9(4-2-8)21(15,19)20/h1-6H,(H,16,18)(H2,15,19,20). The van der Waals surface area contributed by atoms with E-state index in [1.807, 2.05) is 0 Å². The fraction of sp³-hybridized carbons (Fsp3) is 0. The topological polar surface area (TPSA) is 102 Å². The molecule has 9 heteroatoms. The average Bonchev–Trinajstić information content (AvgIpc) is 2.37. The van der Waals surface area contributed by atoms with Crippen molar-refractivity contribution in [1.82, 2.24) is 4.98 Å². The van der Waals surface area contributed by atoms with Crippen molar-refractivity contribution in [2.24, 2.45) is 5.14 Å². The number of primary sulfonamides is 1. The Kier molecular flexibility index (Phi) is 4.48. The van der Waals surface area contributed by atoms with E-state index in [0.29, 0.717) is 5.69 Å². The molecule has 3 N–H and O–H groups in total. The van der Waals surface area contributed by atoms with Crippen molar-refractivity contribution in [3.63, 3.8) is 0 Å². The number of anilines is 1. The number of pyridine rings is 1. The van der Waals surface area contributed by atoms with Gasteiger partial charge in [-0.2, -0.15) is 0 Å². The molecule has 0 saturated heterocycles. The van der Waals surface area contributed by atoms with E-state index in [2.05, 4.69) is 10.3 Å². The van der Waals surface area contributed by atoms with Crippen LogP contribution in [0, 0.1) is 0 Å². The van der Waals surface area contributed by atoms with Crippen molar-refractivity contribution in [3.8, 4) is 0 Å². The Morgan fingerprint density at radius 1 is 1.10 bits per heavy atom. The van der Waals surface area contributed by atoms with Crippen molar-refractivity contribution in [2.45, 2.75) is 4.90 Å². The molecule has 0 aliphatic carbocycles. The number of rotatable bonds is 3. The van der Waals surface area contributed by atoms with Gasteiger partial charge in [-0.1, -0.05) is 23.2 Å². The number of carbonyl (C=O) groups is 1. The Balaban J connectivity index is 2.20. The highest BCUT2D eigenvalue weighted by molar-refractivity contribution is 7.89. The van der Waals surface area contributed by atoms with E-state index >= 15 is 0 Å².